The fourth-order valence-corrected chi connectivity index (χ4v) is 3.01. The second kappa shape index (κ2) is 6.13. The summed E-state index contributed by atoms with van der Waals surface area (Å²) in [6, 6.07) is 5.60. The quantitative estimate of drug-likeness (QED) is 0.862. The number of aromatic nitrogens is 1. The molecule has 2 N–H and O–H groups in total. The minimum absolute atomic E-state index is 0.342. The smallest absolute Gasteiger partial charge is 0.329 e. The summed E-state index contributed by atoms with van der Waals surface area (Å²) >= 11 is 1.30. The minimum atomic E-state index is -1.21. The number of carbonyl (C=O) groups is 2. The molecule has 0 spiro atoms. The normalized spacial score (nSPS) is 11.3. The van der Waals surface area contributed by atoms with E-state index in [9.17, 15) is 14.7 Å². The third-order valence-corrected chi connectivity index (χ3v) is 4.60. The van der Waals surface area contributed by atoms with Crippen molar-refractivity contribution in [1.29, 1.82) is 0 Å². The zero-order valence-corrected chi connectivity index (χ0v) is 12.8. The summed E-state index contributed by atoms with van der Waals surface area (Å²) in [6.07, 6.45) is 4.38. The van der Waals surface area contributed by atoms with E-state index < -0.39 is 11.5 Å². The van der Waals surface area contributed by atoms with Crippen molar-refractivity contribution in [3.63, 3.8) is 0 Å². The van der Waals surface area contributed by atoms with Crippen LogP contribution in [0, 0.1) is 0 Å². The number of aliphatic carboxylic acids is 1. The number of carboxylic acids is 1. The number of carbonyl (C=O) groups excluding carboxylic acids is 1. The fraction of sp³-hybridized carbons (Fsp3) is 0.333. The number of nitrogens with zero attached hydrogens (tertiary/aromatic N) is 1. The molecule has 0 atom stereocenters. The van der Waals surface area contributed by atoms with Crippen LogP contribution in [0.15, 0.2) is 36.0 Å². The van der Waals surface area contributed by atoms with E-state index in [0.717, 1.165) is 5.69 Å². The molecule has 0 aliphatic carbocycles. The number of hydrogen-bond acceptors (Lipinski definition) is 3. The van der Waals surface area contributed by atoms with E-state index in [-0.39, 0.29) is 5.91 Å². The van der Waals surface area contributed by atoms with E-state index in [1.807, 2.05) is 40.5 Å². The third kappa shape index (κ3) is 2.85. The van der Waals surface area contributed by atoms with E-state index in [2.05, 4.69) is 5.32 Å². The molecule has 0 unspecified atom stereocenters. The van der Waals surface area contributed by atoms with Gasteiger partial charge in [0, 0.05) is 12.4 Å². The summed E-state index contributed by atoms with van der Waals surface area (Å²) in [6.45, 7) is 3.53. The van der Waals surface area contributed by atoms with Gasteiger partial charge in [0.1, 0.15) is 10.4 Å². The Kier molecular flexibility index (Phi) is 4.47. The summed E-state index contributed by atoms with van der Waals surface area (Å²) < 4.78 is 1.84. The maximum Gasteiger partial charge on any atom is 0.329 e. The Morgan fingerprint density at radius 2 is 1.90 bits per heavy atom. The van der Waals surface area contributed by atoms with Crippen molar-refractivity contribution in [3.8, 4) is 5.69 Å². The molecule has 0 radical (unpaired) electrons. The molecule has 5 nitrogen and oxygen atoms in total. The molecule has 6 heteroatoms. The molecule has 0 saturated carbocycles. The minimum Gasteiger partial charge on any atom is -0.480 e. The van der Waals surface area contributed by atoms with Gasteiger partial charge in [-0.15, -0.1) is 11.3 Å². The molecule has 2 aromatic heterocycles. The fourth-order valence-electron chi connectivity index (χ4n) is 2.23. The van der Waals surface area contributed by atoms with Crippen molar-refractivity contribution in [3.05, 3.63) is 40.8 Å². The van der Waals surface area contributed by atoms with Gasteiger partial charge in [0.25, 0.3) is 5.91 Å². The van der Waals surface area contributed by atoms with Crippen LogP contribution in [0.2, 0.25) is 0 Å². The lowest BCUT2D eigenvalue weighted by molar-refractivity contribution is -0.144. The van der Waals surface area contributed by atoms with Crippen LogP contribution in [-0.4, -0.2) is 27.1 Å². The number of carboxylic acid groups (broad SMARTS) is 1. The molecule has 0 bridgehead atoms. The molecule has 112 valence electrons. The van der Waals surface area contributed by atoms with Gasteiger partial charge in [0.2, 0.25) is 0 Å². The van der Waals surface area contributed by atoms with Gasteiger partial charge >= 0.3 is 5.97 Å². The van der Waals surface area contributed by atoms with Crippen LogP contribution in [0.5, 0.6) is 0 Å². The van der Waals surface area contributed by atoms with Crippen LogP contribution in [-0.2, 0) is 4.79 Å². The Morgan fingerprint density at radius 3 is 2.43 bits per heavy atom. The Morgan fingerprint density at radius 1 is 1.29 bits per heavy atom. The number of hydrogen-bond donors (Lipinski definition) is 2. The maximum atomic E-state index is 12.5. The molecule has 2 rings (SSSR count). The topological polar surface area (TPSA) is 71.3 Å². The van der Waals surface area contributed by atoms with Crippen LogP contribution in [0.3, 0.4) is 0 Å². The second-order valence-corrected chi connectivity index (χ2v) is 5.69. The maximum absolute atomic E-state index is 12.5. The van der Waals surface area contributed by atoms with Gasteiger partial charge in [0.05, 0.1) is 5.69 Å². The first-order valence-corrected chi connectivity index (χ1v) is 7.68. The highest BCUT2D eigenvalue weighted by atomic mass is 32.1. The van der Waals surface area contributed by atoms with Crippen molar-refractivity contribution in [1.82, 2.24) is 9.88 Å². The van der Waals surface area contributed by atoms with Gasteiger partial charge in [-0.25, -0.2) is 4.79 Å². The van der Waals surface area contributed by atoms with Crippen LogP contribution < -0.4 is 5.32 Å². The van der Waals surface area contributed by atoms with Crippen molar-refractivity contribution < 1.29 is 14.7 Å². The first kappa shape index (κ1) is 15.3. The summed E-state index contributed by atoms with van der Waals surface area (Å²) in [5.74, 6) is -1.35. The van der Waals surface area contributed by atoms with Crippen molar-refractivity contribution in [2.45, 2.75) is 32.2 Å². The molecule has 2 heterocycles. The molecule has 2 aromatic rings. The summed E-state index contributed by atoms with van der Waals surface area (Å²) in [5.41, 5.74) is -0.455. The third-order valence-electron chi connectivity index (χ3n) is 3.70. The molecular formula is C15H18N2O3S. The summed E-state index contributed by atoms with van der Waals surface area (Å²) in [7, 11) is 0. The SMILES string of the molecule is CCC(CC)(NC(=O)c1sccc1-n1cccc1)C(=O)O. The van der Waals surface area contributed by atoms with Gasteiger partial charge in [-0.1, -0.05) is 13.8 Å². The van der Waals surface area contributed by atoms with Gasteiger partial charge in [0.15, 0.2) is 0 Å². The monoisotopic (exact) mass is 306 g/mol. The van der Waals surface area contributed by atoms with Crippen molar-refractivity contribution in [2.24, 2.45) is 0 Å². The Labute approximate surface area is 127 Å². The van der Waals surface area contributed by atoms with Crippen molar-refractivity contribution in [2.75, 3.05) is 0 Å². The summed E-state index contributed by atoms with van der Waals surface area (Å²) in [5, 5.41) is 13.9. The number of rotatable bonds is 6. The van der Waals surface area contributed by atoms with Crippen LogP contribution in [0.1, 0.15) is 36.4 Å². The lowest BCUT2D eigenvalue weighted by atomic mass is 9.93. The van der Waals surface area contributed by atoms with Crippen LogP contribution >= 0.6 is 11.3 Å². The highest BCUT2D eigenvalue weighted by Gasteiger charge is 2.37. The molecule has 0 saturated heterocycles. The first-order valence-electron chi connectivity index (χ1n) is 6.81. The van der Waals surface area contributed by atoms with Gasteiger partial charge in [-0.05, 0) is 36.4 Å². The molecule has 0 fully saturated rings. The van der Waals surface area contributed by atoms with Crippen LogP contribution in [0.25, 0.3) is 5.69 Å². The predicted octanol–water partition coefficient (Wildman–Crippen LogP) is 2.91. The van der Waals surface area contributed by atoms with Crippen molar-refractivity contribution >= 4 is 23.2 Å². The lowest BCUT2D eigenvalue weighted by Gasteiger charge is -2.28. The highest BCUT2D eigenvalue weighted by Crippen LogP contribution is 2.23. The van der Waals surface area contributed by atoms with Gasteiger partial charge in [-0.2, -0.15) is 0 Å². The molecule has 21 heavy (non-hydrogen) atoms. The number of thiophene rings is 1. The standard InChI is InChI=1S/C15H18N2O3S/c1-3-15(4-2,14(19)20)16-13(18)12-11(7-10-21-12)17-8-5-6-9-17/h5-10H,3-4H2,1-2H3,(H,16,18)(H,19,20). The molecule has 0 aliphatic rings. The highest BCUT2D eigenvalue weighted by molar-refractivity contribution is 7.12. The Bertz CT molecular complexity index is 627. The molecular weight excluding hydrogens is 288 g/mol. The Balaban J connectivity index is 2.30. The van der Waals surface area contributed by atoms with E-state index in [1.165, 1.54) is 11.3 Å². The van der Waals surface area contributed by atoms with Gasteiger partial charge < -0.3 is 15.0 Å². The average molecular weight is 306 g/mol. The molecule has 1 amide bonds. The first-order chi connectivity index (χ1) is 10.0. The number of nitrogens with one attached hydrogen (secondary N) is 1. The zero-order valence-electron chi connectivity index (χ0n) is 12.0. The molecule has 0 aliphatic heterocycles. The largest absolute Gasteiger partial charge is 0.480 e. The van der Waals surface area contributed by atoms with E-state index in [4.69, 9.17) is 0 Å². The van der Waals surface area contributed by atoms with Crippen LogP contribution in [0.4, 0.5) is 0 Å². The molecule has 0 aromatic carbocycles. The Hall–Kier alpha value is -2.08. The van der Waals surface area contributed by atoms with Gasteiger partial charge in [-0.3, -0.25) is 4.79 Å². The second-order valence-electron chi connectivity index (χ2n) is 4.77. The zero-order chi connectivity index (χ0) is 15.5. The number of amides is 1. The van der Waals surface area contributed by atoms with E-state index >= 15 is 0 Å². The predicted molar refractivity (Wildman–Crippen MR) is 82.1 cm³/mol. The van der Waals surface area contributed by atoms with E-state index in [0.29, 0.717) is 17.7 Å². The average Bonchev–Trinajstić information content (AvgIpc) is 3.13. The summed E-state index contributed by atoms with van der Waals surface area (Å²) in [4.78, 5) is 24.5. The lowest BCUT2D eigenvalue weighted by Crippen LogP contribution is -2.53. The van der Waals surface area contributed by atoms with E-state index in [1.54, 1.807) is 13.8 Å².